The first-order valence-corrected chi connectivity index (χ1v) is 13.4. The number of anilines is 1. The summed E-state index contributed by atoms with van der Waals surface area (Å²) in [5.74, 6) is 0.579. The average Bonchev–Trinajstić information content (AvgIpc) is 3.56. The van der Waals surface area contributed by atoms with Crippen molar-refractivity contribution in [2.24, 2.45) is 7.05 Å². The second-order valence-corrected chi connectivity index (χ2v) is 10.9. The molecule has 1 N–H and O–H groups in total. The predicted octanol–water partition coefficient (Wildman–Crippen LogP) is 6.08. The predicted molar refractivity (Wildman–Crippen MR) is 146 cm³/mol. The summed E-state index contributed by atoms with van der Waals surface area (Å²) in [5.41, 5.74) is 5.26. The molecule has 7 nitrogen and oxygen atoms in total. The van der Waals surface area contributed by atoms with Crippen LogP contribution in [-0.4, -0.2) is 58.4 Å². The molecule has 0 unspecified atom stereocenters. The lowest BCUT2D eigenvalue weighted by Gasteiger charge is -2.36. The Balaban J connectivity index is 1.14. The van der Waals surface area contributed by atoms with Crippen molar-refractivity contribution >= 4 is 45.8 Å². The molecule has 1 aliphatic heterocycles. The second kappa shape index (κ2) is 9.71. The van der Waals surface area contributed by atoms with Crippen LogP contribution in [0.1, 0.15) is 40.4 Å². The number of carboxylic acids is 1. The molecule has 6 rings (SSSR count). The Morgan fingerprint density at radius 3 is 2.59 bits per heavy atom. The van der Waals surface area contributed by atoms with Gasteiger partial charge in [-0.15, -0.1) is 0 Å². The molecule has 2 aliphatic rings. The lowest BCUT2D eigenvalue weighted by atomic mass is 10.0. The van der Waals surface area contributed by atoms with E-state index in [2.05, 4.69) is 21.0 Å². The molecule has 0 spiro atoms. The van der Waals surface area contributed by atoms with E-state index in [4.69, 9.17) is 27.7 Å². The minimum Gasteiger partial charge on any atom is -0.478 e. The quantitative estimate of drug-likeness (QED) is 0.307. The van der Waals surface area contributed by atoms with Crippen molar-refractivity contribution < 1.29 is 14.4 Å². The summed E-state index contributed by atoms with van der Waals surface area (Å²) in [7, 11) is 1.89. The summed E-state index contributed by atoms with van der Waals surface area (Å²) in [5, 5.41) is 15.9. The van der Waals surface area contributed by atoms with Gasteiger partial charge in [0.25, 0.3) is 0 Å². The van der Waals surface area contributed by atoms with Gasteiger partial charge in [0.05, 0.1) is 16.1 Å². The van der Waals surface area contributed by atoms with Crippen LogP contribution in [0.15, 0.2) is 47.1 Å². The zero-order valence-electron chi connectivity index (χ0n) is 20.6. The zero-order valence-corrected chi connectivity index (χ0v) is 22.1. The van der Waals surface area contributed by atoms with E-state index < -0.39 is 5.97 Å². The van der Waals surface area contributed by atoms with Crippen LogP contribution < -0.4 is 4.90 Å². The largest absolute Gasteiger partial charge is 0.478 e. The van der Waals surface area contributed by atoms with Crippen molar-refractivity contribution in [1.29, 1.82) is 0 Å². The monoisotopic (exact) mass is 538 g/mol. The first kappa shape index (κ1) is 24.3. The number of hydrogen-bond acceptors (Lipinski definition) is 5. The molecule has 4 aromatic rings. The van der Waals surface area contributed by atoms with Crippen LogP contribution in [0.5, 0.6) is 0 Å². The summed E-state index contributed by atoms with van der Waals surface area (Å²) >= 11 is 12.6. The van der Waals surface area contributed by atoms with Gasteiger partial charge in [-0.1, -0.05) is 28.4 Å². The van der Waals surface area contributed by atoms with Gasteiger partial charge < -0.3 is 19.1 Å². The van der Waals surface area contributed by atoms with Crippen molar-refractivity contribution in [1.82, 2.24) is 14.6 Å². The summed E-state index contributed by atoms with van der Waals surface area (Å²) in [4.78, 5) is 16.4. The third-order valence-electron chi connectivity index (χ3n) is 7.57. The van der Waals surface area contributed by atoms with E-state index >= 15 is 0 Å². The minimum atomic E-state index is -0.897. The molecule has 2 aromatic carbocycles. The number of rotatable bonds is 7. The van der Waals surface area contributed by atoms with Crippen LogP contribution in [0, 0.1) is 0 Å². The Labute approximate surface area is 225 Å². The molecule has 2 aromatic heterocycles. The molecule has 0 amide bonds. The highest BCUT2D eigenvalue weighted by Crippen LogP contribution is 2.45. The van der Waals surface area contributed by atoms with E-state index in [1.165, 1.54) is 0 Å². The highest BCUT2D eigenvalue weighted by atomic mass is 35.5. The van der Waals surface area contributed by atoms with Gasteiger partial charge in [0.15, 0.2) is 0 Å². The number of piperazine rings is 1. The van der Waals surface area contributed by atoms with E-state index in [1.807, 2.05) is 35.9 Å². The normalized spacial score (nSPS) is 16.6. The van der Waals surface area contributed by atoms with Gasteiger partial charge >= 0.3 is 5.97 Å². The number of halogens is 2. The molecule has 2 fully saturated rings. The van der Waals surface area contributed by atoms with Crippen LogP contribution in [0.2, 0.25) is 10.0 Å². The maximum Gasteiger partial charge on any atom is 0.337 e. The summed E-state index contributed by atoms with van der Waals surface area (Å²) in [6, 6.07) is 11.6. The SMILES string of the molecule is Cn1cc(C(=O)O)c2ccc(N3CCN(CCc4c(-c5ccc(Cl)cc5Cl)noc4C4CC4)CC3)cc21. The Morgan fingerprint density at radius 2 is 1.89 bits per heavy atom. The van der Waals surface area contributed by atoms with E-state index in [-0.39, 0.29) is 0 Å². The smallest absolute Gasteiger partial charge is 0.337 e. The topological polar surface area (TPSA) is 74.7 Å². The lowest BCUT2D eigenvalue weighted by Crippen LogP contribution is -2.47. The molecule has 0 bridgehead atoms. The maximum atomic E-state index is 11.5. The Hall–Kier alpha value is -3.00. The van der Waals surface area contributed by atoms with E-state index in [1.54, 1.807) is 12.3 Å². The van der Waals surface area contributed by atoms with E-state index in [0.717, 1.165) is 91.2 Å². The molecule has 37 heavy (non-hydrogen) atoms. The minimum absolute atomic E-state index is 0.340. The molecular formula is C28H28Cl2N4O3. The lowest BCUT2D eigenvalue weighted by molar-refractivity contribution is 0.0699. The van der Waals surface area contributed by atoms with E-state index in [0.29, 0.717) is 21.5 Å². The standard InChI is InChI=1S/C28H28Cl2N4O3/c1-32-16-23(28(35)36)20-7-5-19(15-25(20)32)34-12-10-33(11-13-34)9-8-22-26(31-37-27(22)17-2-3-17)21-6-4-18(29)14-24(21)30/h4-7,14-17H,2-3,8-13H2,1H3,(H,35,36). The average molecular weight is 539 g/mol. The molecule has 3 heterocycles. The second-order valence-electron chi connectivity index (χ2n) is 10.0. The number of nitrogens with zero attached hydrogens (tertiary/aromatic N) is 4. The number of carboxylic acid groups (broad SMARTS) is 1. The highest BCUT2D eigenvalue weighted by Gasteiger charge is 2.33. The molecule has 1 aliphatic carbocycles. The number of carbonyl (C=O) groups is 1. The number of aromatic carboxylic acids is 1. The summed E-state index contributed by atoms with van der Waals surface area (Å²) in [6.45, 7) is 4.65. The molecule has 0 radical (unpaired) electrons. The molecule has 192 valence electrons. The Morgan fingerprint density at radius 1 is 1.11 bits per heavy atom. The Bertz CT molecular complexity index is 1480. The number of aryl methyl sites for hydroxylation is 1. The van der Waals surface area contributed by atoms with Gasteiger partial charge in [-0.05, 0) is 55.7 Å². The van der Waals surface area contributed by atoms with Gasteiger partial charge in [0, 0.05) is 79.1 Å². The highest BCUT2D eigenvalue weighted by molar-refractivity contribution is 6.36. The van der Waals surface area contributed by atoms with Gasteiger partial charge in [-0.25, -0.2) is 4.79 Å². The van der Waals surface area contributed by atoms with Crippen LogP contribution in [0.3, 0.4) is 0 Å². The number of benzene rings is 2. The molecule has 1 saturated heterocycles. The van der Waals surface area contributed by atoms with Crippen molar-refractivity contribution in [3.8, 4) is 11.3 Å². The van der Waals surface area contributed by atoms with E-state index in [9.17, 15) is 9.90 Å². The van der Waals surface area contributed by atoms with Crippen molar-refractivity contribution in [2.45, 2.75) is 25.2 Å². The molecule has 9 heteroatoms. The fourth-order valence-corrected chi connectivity index (χ4v) is 5.86. The van der Waals surface area contributed by atoms with Gasteiger partial charge in [0.1, 0.15) is 11.5 Å². The number of fused-ring (bicyclic) bond motifs is 1. The molecule has 1 saturated carbocycles. The van der Waals surface area contributed by atoms with Crippen molar-refractivity contribution in [3.05, 3.63) is 69.5 Å². The number of aromatic nitrogens is 2. The summed E-state index contributed by atoms with van der Waals surface area (Å²) in [6.07, 6.45) is 4.83. The first-order chi connectivity index (χ1) is 17.9. The number of hydrogen-bond donors (Lipinski definition) is 1. The van der Waals surface area contributed by atoms with Gasteiger partial charge in [-0.3, -0.25) is 4.90 Å². The van der Waals surface area contributed by atoms with Crippen molar-refractivity contribution in [2.75, 3.05) is 37.6 Å². The fourth-order valence-electron chi connectivity index (χ4n) is 5.36. The van der Waals surface area contributed by atoms with Gasteiger partial charge in [0.2, 0.25) is 0 Å². The van der Waals surface area contributed by atoms with Crippen molar-refractivity contribution in [3.63, 3.8) is 0 Å². The zero-order chi connectivity index (χ0) is 25.7. The van der Waals surface area contributed by atoms with Crippen LogP contribution >= 0.6 is 23.2 Å². The molecule has 0 atom stereocenters. The third-order valence-corrected chi connectivity index (χ3v) is 8.12. The first-order valence-electron chi connectivity index (χ1n) is 12.6. The van der Waals surface area contributed by atoms with Crippen LogP contribution in [0.4, 0.5) is 5.69 Å². The summed E-state index contributed by atoms with van der Waals surface area (Å²) < 4.78 is 7.72. The van der Waals surface area contributed by atoms with Crippen LogP contribution in [0.25, 0.3) is 22.2 Å². The third kappa shape index (κ3) is 4.72. The van der Waals surface area contributed by atoms with Gasteiger partial charge in [-0.2, -0.15) is 0 Å². The Kier molecular flexibility index (Phi) is 6.39. The fraction of sp³-hybridized carbons (Fsp3) is 0.357. The maximum absolute atomic E-state index is 11.5. The van der Waals surface area contributed by atoms with Crippen LogP contribution in [-0.2, 0) is 13.5 Å². The molecular weight excluding hydrogens is 511 g/mol.